The Morgan fingerprint density at radius 2 is 1.84 bits per heavy atom. The Hall–Kier alpha value is -2.76. The smallest absolute Gasteiger partial charge is 0.170 e. The average Bonchev–Trinajstić information content (AvgIpc) is 3.24. The summed E-state index contributed by atoms with van der Waals surface area (Å²) in [6.45, 7) is 8.25. The van der Waals surface area contributed by atoms with Crippen LogP contribution in [0.5, 0.6) is 11.5 Å². The SMILES string of the molecule is CCn1cnc(-c2c(OCc3ccc(OC)cc3)c(C)nn2CC)c1. The number of nitrogens with zero attached hydrogens (tertiary/aromatic N) is 4. The fourth-order valence-corrected chi connectivity index (χ4v) is 2.75. The van der Waals surface area contributed by atoms with Crippen LogP contribution in [0.15, 0.2) is 36.8 Å². The minimum absolute atomic E-state index is 0.474. The van der Waals surface area contributed by atoms with Gasteiger partial charge in [0.2, 0.25) is 0 Å². The van der Waals surface area contributed by atoms with Crippen LogP contribution in [-0.2, 0) is 19.7 Å². The molecule has 0 spiro atoms. The Morgan fingerprint density at radius 3 is 2.44 bits per heavy atom. The number of benzene rings is 1. The number of aromatic nitrogens is 4. The predicted molar refractivity (Wildman–Crippen MR) is 96.9 cm³/mol. The van der Waals surface area contributed by atoms with Gasteiger partial charge in [-0.25, -0.2) is 4.98 Å². The standard InChI is InChI=1S/C19H24N4O2/c1-5-22-11-17(20-13-22)18-19(14(3)21-23(18)6-2)25-12-15-7-9-16(24-4)10-8-15/h7-11,13H,5-6,12H2,1-4H3. The molecule has 0 atom stereocenters. The second-order valence-corrected chi connectivity index (χ2v) is 5.81. The summed E-state index contributed by atoms with van der Waals surface area (Å²) in [5.41, 5.74) is 3.76. The van der Waals surface area contributed by atoms with Crippen LogP contribution in [0.2, 0.25) is 0 Å². The first-order valence-corrected chi connectivity index (χ1v) is 8.51. The van der Waals surface area contributed by atoms with Crippen molar-refractivity contribution in [1.82, 2.24) is 19.3 Å². The maximum atomic E-state index is 6.13. The first-order chi connectivity index (χ1) is 12.2. The highest BCUT2D eigenvalue weighted by atomic mass is 16.5. The summed E-state index contributed by atoms with van der Waals surface area (Å²) in [5, 5.41) is 4.60. The topological polar surface area (TPSA) is 54.1 Å². The molecule has 1 aromatic carbocycles. The van der Waals surface area contributed by atoms with E-state index in [0.717, 1.165) is 47.2 Å². The molecule has 0 aliphatic heterocycles. The van der Waals surface area contributed by atoms with Gasteiger partial charge in [0, 0.05) is 19.3 Å². The van der Waals surface area contributed by atoms with Gasteiger partial charge in [0.05, 0.1) is 13.4 Å². The summed E-state index contributed by atoms with van der Waals surface area (Å²) in [5.74, 6) is 1.63. The molecule has 0 radical (unpaired) electrons. The molecule has 0 unspecified atom stereocenters. The van der Waals surface area contributed by atoms with Crippen molar-refractivity contribution in [2.24, 2.45) is 0 Å². The highest BCUT2D eigenvalue weighted by molar-refractivity contribution is 5.64. The first-order valence-electron chi connectivity index (χ1n) is 8.51. The zero-order chi connectivity index (χ0) is 17.8. The van der Waals surface area contributed by atoms with Crippen molar-refractivity contribution in [2.45, 2.75) is 40.5 Å². The van der Waals surface area contributed by atoms with Crippen LogP contribution in [0.3, 0.4) is 0 Å². The summed E-state index contributed by atoms with van der Waals surface area (Å²) in [6, 6.07) is 7.88. The van der Waals surface area contributed by atoms with Gasteiger partial charge in [-0.05, 0) is 38.5 Å². The van der Waals surface area contributed by atoms with E-state index in [-0.39, 0.29) is 0 Å². The molecule has 0 bridgehead atoms. The van der Waals surface area contributed by atoms with Crippen LogP contribution in [0, 0.1) is 6.92 Å². The Bertz CT molecular complexity index is 834. The van der Waals surface area contributed by atoms with Gasteiger partial charge in [-0.3, -0.25) is 4.68 Å². The van der Waals surface area contributed by atoms with Crippen molar-refractivity contribution in [3.8, 4) is 22.9 Å². The predicted octanol–water partition coefficient (Wildman–Crippen LogP) is 3.68. The average molecular weight is 340 g/mol. The molecule has 2 heterocycles. The summed E-state index contributed by atoms with van der Waals surface area (Å²) in [7, 11) is 1.66. The Kier molecular flexibility index (Phi) is 5.07. The van der Waals surface area contributed by atoms with E-state index in [1.165, 1.54) is 0 Å². The highest BCUT2D eigenvalue weighted by Crippen LogP contribution is 2.33. The van der Waals surface area contributed by atoms with E-state index in [0.29, 0.717) is 6.61 Å². The molecule has 0 fully saturated rings. The molecular weight excluding hydrogens is 316 g/mol. The second-order valence-electron chi connectivity index (χ2n) is 5.81. The molecule has 3 aromatic rings. The number of imidazole rings is 1. The molecule has 0 aliphatic carbocycles. The third kappa shape index (κ3) is 3.52. The van der Waals surface area contributed by atoms with E-state index in [9.17, 15) is 0 Å². The largest absolute Gasteiger partial charge is 0.497 e. The van der Waals surface area contributed by atoms with Gasteiger partial charge in [0.1, 0.15) is 29.4 Å². The number of ether oxygens (including phenoxy) is 2. The normalized spacial score (nSPS) is 10.9. The zero-order valence-corrected chi connectivity index (χ0v) is 15.2. The number of methoxy groups -OCH3 is 1. The van der Waals surface area contributed by atoms with E-state index in [2.05, 4.69) is 23.9 Å². The summed E-state index contributed by atoms with van der Waals surface area (Å²) >= 11 is 0. The lowest BCUT2D eigenvalue weighted by Gasteiger charge is -2.09. The molecule has 2 aromatic heterocycles. The van der Waals surface area contributed by atoms with Crippen molar-refractivity contribution in [2.75, 3.05) is 7.11 Å². The van der Waals surface area contributed by atoms with Crippen molar-refractivity contribution in [3.63, 3.8) is 0 Å². The van der Waals surface area contributed by atoms with Gasteiger partial charge in [-0.1, -0.05) is 12.1 Å². The van der Waals surface area contributed by atoms with Crippen LogP contribution >= 0.6 is 0 Å². The molecule has 6 nitrogen and oxygen atoms in total. The van der Waals surface area contributed by atoms with E-state index in [1.807, 2.05) is 53.0 Å². The Morgan fingerprint density at radius 1 is 1.08 bits per heavy atom. The van der Waals surface area contributed by atoms with E-state index in [1.54, 1.807) is 7.11 Å². The third-order valence-corrected chi connectivity index (χ3v) is 4.16. The van der Waals surface area contributed by atoms with Gasteiger partial charge in [-0.15, -0.1) is 0 Å². The van der Waals surface area contributed by atoms with Gasteiger partial charge < -0.3 is 14.0 Å². The quantitative estimate of drug-likeness (QED) is 0.658. The third-order valence-electron chi connectivity index (χ3n) is 4.16. The van der Waals surface area contributed by atoms with Crippen LogP contribution in [0.4, 0.5) is 0 Å². The number of hydrogen-bond acceptors (Lipinski definition) is 4. The molecule has 25 heavy (non-hydrogen) atoms. The molecule has 6 heteroatoms. The first kappa shape index (κ1) is 17.1. The summed E-state index contributed by atoms with van der Waals surface area (Å²) < 4.78 is 15.3. The van der Waals surface area contributed by atoms with Crippen molar-refractivity contribution >= 4 is 0 Å². The van der Waals surface area contributed by atoms with Gasteiger partial charge in [-0.2, -0.15) is 5.10 Å². The fraction of sp³-hybridized carbons (Fsp3) is 0.368. The number of aryl methyl sites for hydroxylation is 3. The van der Waals surface area contributed by atoms with Crippen LogP contribution in [0.1, 0.15) is 25.1 Å². The maximum Gasteiger partial charge on any atom is 0.170 e. The van der Waals surface area contributed by atoms with Crippen molar-refractivity contribution < 1.29 is 9.47 Å². The highest BCUT2D eigenvalue weighted by Gasteiger charge is 2.20. The van der Waals surface area contributed by atoms with Gasteiger partial charge in [0.25, 0.3) is 0 Å². The van der Waals surface area contributed by atoms with Crippen LogP contribution in [-0.4, -0.2) is 26.4 Å². The van der Waals surface area contributed by atoms with Gasteiger partial charge >= 0.3 is 0 Å². The maximum absolute atomic E-state index is 6.13. The number of hydrogen-bond donors (Lipinski definition) is 0. The second kappa shape index (κ2) is 7.42. The number of rotatable bonds is 7. The molecule has 0 N–H and O–H groups in total. The molecule has 0 aliphatic rings. The molecular formula is C19H24N4O2. The molecule has 0 saturated heterocycles. The van der Waals surface area contributed by atoms with E-state index in [4.69, 9.17) is 9.47 Å². The van der Waals surface area contributed by atoms with E-state index >= 15 is 0 Å². The summed E-state index contributed by atoms with van der Waals surface area (Å²) in [6.07, 6.45) is 3.87. The molecule has 132 valence electrons. The van der Waals surface area contributed by atoms with Crippen LogP contribution < -0.4 is 9.47 Å². The van der Waals surface area contributed by atoms with Crippen molar-refractivity contribution in [1.29, 1.82) is 0 Å². The van der Waals surface area contributed by atoms with Gasteiger partial charge in [0.15, 0.2) is 5.75 Å². The monoisotopic (exact) mass is 340 g/mol. The zero-order valence-electron chi connectivity index (χ0n) is 15.2. The molecule has 0 amide bonds. The Balaban J connectivity index is 1.88. The minimum atomic E-state index is 0.474. The van der Waals surface area contributed by atoms with Crippen LogP contribution in [0.25, 0.3) is 11.4 Å². The summed E-state index contributed by atoms with van der Waals surface area (Å²) in [4.78, 5) is 4.52. The lowest BCUT2D eigenvalue weighted by atomic mass is 10.2. The molecule has 0 saturated carbocycles. The lowest BCUT2D eigenvalue weighted by Crippen LogP contribution is -2.01. The minimum Gasteiger partial charge on any atom is -0.497 e. The fourth-order valence-electron chi connectivity index (χ4n) is 2.75. The lowest BCUT2D eigenvalue weighted by molar-refractivity contribution is 0.305. The van der Waals surface area contributed by atoms with E-state index < -0.39 is 0 Å². The Labute approximate surface area is 148 Å². The molecule has 3 rings (SSSR count). The van der Waals surface area contributed by atoms with Crippen molar-refractivity contribution in [3.05, 3.63) is 48.0 Å².